The quantitative estimate of drug-likeness (QED) is 0.491. The van der Waals surface area contributed by atoms with Gasteiger partial charge < -0.3 is 20.9 Å². The summed E-state index contributed by atoms with van der Waals surface area (Å²) in [5.74, 6) is -1.38. The maximum atomic E-state index is 15.5. The van der Waals surface area contributed by atoms with Gasteiger partial charge in [-0.05, 0) is 18.9 Å². The van der Waals surface area contributed by atoms with E-state index in [0.717, 1.165) is 32.3 Å². The molecule has 5 rings (SSSR count). The van der Waals surface area contributed by atoms with E-state index in [2.05, 4.69) is 20.7 Å². The molecule has 2 aromatic heterocycles. The fourth-order valence-electron chi connectivity index (χ4n) is 3.91. The number of benzene rings is 1. The molecule has 0 spiro atoms. The zero-order valence-corrected chi connectivity index (χ0v) is 17.8. The van der Waals surface area contributed by atoms with Crippen molar-refractivity contribution >= 4 is 34.7 Å². The number of hydrogen-bond donors (Lipinski definition) is 3. The molecule has 176 valence electrons. The van der Waals surface area contributed by atoms with Crippen LogP contribution in [0.4, 0.5) is 31.7 Å². The second kappa shape index (κ2) is 7.79. The number of alkyl halides is 2. The van der Waals surface area contributed by atoms with Gasteiger partial charge in [0.25, 0.3) is 5.91 Å². The molecule has 9 nitrogen and oxygen atoms in total. The number of aromatic nitrogens is 3. The monoisotopic (exact) mass is 473 g/mol. The zero-order valence-electron chi connectivity index (χ0n) is 23.8. The molecule has 0 atom stereocenters. The number of fused-ring (bicyclic) bond motifs is 3. The van der Waals surface area contributed by atoms with Crippen molar-refractivity contribution < 1.29 is 26.6 Å². The van der Waals surface area contributed by atoms with Crippen LogP contribution in [0, 0.1) is 5.92 Å². The Morgan fingerprint density at radius 2 is 2.09 bits per heavy atom. The molecule has 3 aromatic rings. The SMILES string of the molecule is [2H]C([2H])([2H])NC(=O)c1cnc(NC(=O)C2CC2)cc1Nc1cccc2c1N(C)C(F)(F)c1cn(C([2H])([2H])[2H])nc1-2. The van der Waals surface area contributed by atoms with Crippen LogP contribution in [0.1, 0.15) is 37.0 Å². The molecule has 11 heteroatoms. The molecular weight excluding hydrogens is 444 g/mol. The summed E-state index contributed by atoms with van der Waals surface area (Å²) in [7, 11) is 1.12. The molecule has 0 radical (unpaired) electrons. The largest absolute Gasteiger partial charge is 0.356 e. The van der Waals surface area contributed by atoms with Gasteiger partial charge in [0.05, 0.1) is 28.2 Å². The number of aryl methyl sites for hydroxylation is 1. The van der Waals surface area contributed by atoms with E-state index < -0.39 is 31.5 Å². The summed E-state index contributed by atoms with van der Waals surface area (Å²) in [4.78, 5) is 29.8. The van der Waals surface area contributed by atoms with Gasteiger partial charge >= 0.3 is 6.05 Å². The Balaban J connectivity index is 1.60. The lowest BCUT2D eigenvalue weighted by molar-refractivity contribution is -0.117. The topological polar surface area (TPSA) is 104 Å². The van der Waals surface area contributed by atoms with Crippen LogP contribution in [0.2, 0.25) is 0 Å². The Hall–Kier alpha value is -4.02. The summed E-state index contributed by atoms with van der Waals surface area (Å²) in [6, 6.07) is 2.11. The van der Waals surface area contributed by atoms with Crippen molar-refractivity contribution in [2.24, 2.45) is 12.9 Å². The Morgan fingerprint density at radius 3 is 2.82 bits per heavy atom. The third kappa shape index (κ3) is 3.53. The summed E-state index contributed by atoms with van der Waals surface area (Å²) in [6.45, 7) is -5.61. The average molecular weight is 474 g/mol. The van der Waals surface area contributed by atoms with E-state index in [9.17, 15) is 9.59 Å². The summed E-state index contributed by atoms with van der Waals surface area (Å²) in [5, 5.41) is 11.3. The van der Waals surface area contributed by atoms with Gasteiger partial charge in [-0.3, -0.25) is 14.3 Å². The van der Waals surface area contributed by atoms with Crippen molar-refractivity contribution in [1.29, 1.82) is 0 Å². The molecule has 0 saturated heterocycles. The lowest BCUT2D eigenvalue weighted by Gasteiger charge is -2.36. The number of anilines is 4. The molecular formula is C23H23F2N7O2. The van der Waals surface area contributed by atoms with Crippen molar-refractivity contribution in [3.8, 4) is 11.3 Å². The molecule has 3 N–H and O–H groups in total. The Bertz CT molecular complexity index is 1520. The highest BCUT2D eigenvalue weighted by molar-refractivity contribution is 6.02. The van der Waals surface area contributed by atoms with Gasteiger partial charge in [0.15, 0.2) is 0 Å². The third-order valence-electron chi connectivity index (χ3n) is 5.82. The average Bonchev–Trinajstić information content (AvgIpc) is 3.58. The van der Waals surface area contributed by atoms with E-state index in [1.54, 1.807) is 0 Å². The number of nitrogens with one attached hydrogen (secondary N) is 3. The predicted molar refractivity (Wildman–Crippen MR) is 123 cm³/mol. The first-order valence-electron chi connectivity index (χ1n) is 13.3. The highest BCUT2D eigenvalue weighted by atomic mass is 19.3. The Labute approximate surface area is 202 Å². The van der Waals surface area contributed by atoms with Crippen LogP contribution >= 0.6 is 0 Å². The van der Waals surface area contributed by atoms with Gasteiger partial charge in [-0.2, -0.15) is 13.9 Å². The standard InChI is InChI=1S/C23H23F2N7O2/c1-26-22(34)14-10-27-18(29-21(33)12-7-8-12)9-17(14)28-16-6-4-5-13-19-15(11-31(2)30-19)23(24,25)32(3)20(13)16/h4-6,9-12H,7-8H2,1-3H3,(H,26,34)(H2,27,28,29,33)/i1D3,2D3. The van der Waals surface area contributed by atoms with Gasteiger partial charge in [0.1, 0.15) is 11.5 Å². The lowest BCUT2D eigenvalue weighted by atomic mass is 9.97. The molecule has 1 aliphatic carbocycles. The molecule has 0 bridgehead atoms. The van der Waals surface area contributed by atoms with Crippen LogP contribution in [0.3, 0.4) is 0 Å². The fraction of sp³-hybridized carbons (Fsp3) is 0.304. The summed E-state index contributed by atoms with van der Waals surface area (Å²) in [5.41, 5.74) is -0.864. The van der Waals surface area contributed by atoms with Gasteiger partial charge in [0.2, 0.25) is 5.91 Å². The number of carbonyl (C=O) groups is 2. The van der Waals surface area contributed by atoms with Gasteiger partial charge in [0, 0.05) is 59.2 Å². The van der Waals surface area contributed by atoms with E-state index in [1.807, 2.05) is 5.32 Å². The predicted octanol–water partition coefficient (Wildman–Crippen LogP) is 3.43. The summed E-state index contributed by atoms with van der Waals surface area (Å²) >= 11 is 0. The maximum Gasteiger partial charge on any atom is 0.356 e. The summed E-state index contributed by atoms with van der Waals surface area (Å²) in [6.07, 6.45) is 3.31. The minimum absolute atomic E-state index is 0.0215. The van der Waals surface area contributed by atoms with Crippen LogP contribution in [0.25, 0.3) is 11.3 Å². The minimum Gasteiger partial charge on any atom is -0.355 e. The molecule has 34 heavy (non-hydrogen) atoms. The van der Waals surface area contributed by atoms with E-state index in [1.165, 1.54) is 24.3 Å². The van der Waals surface area contributed by atoms with Crippen LogP contribution in [-0.4, -0.2) is 40.6 Å². The molecule has 1 aliphatic heterocycles. The van der Waals surface area contributed by atoms with E-state index in [-0.39, 0.29) is 51.5 Å². The maximum absolute atomic E-state index is 15.5. The smallest absolute Gasteiger partial charge is 0.355 e. The van der Waals surface area contributed by atoms with Gasteiger partial charge in [-0.1, -0.05) is 12.1 Å². The Morgan fingerprint density at radius 1 is 1.26 bits per heavy atom. The first kappa shape index (κ1) is 15.8. The minimum atomic E-state index is -3.66. The number of pyridine rings is 1. The van der Waals surface area contributed by atoms with Gasteiger partial charge in [-0.25, -0.2) is 4.98 Å². The highest BCUT2D eigenvalue weighted by Crippen LogP contribution is 2.51. The first-order chi connectivity index (χ1) is 18.6. The molecule has 2 amide bonds. The number of carbonyl (C=O) groups excluding carboxylic acids is 2. The van der Waals surface area contributed by atoms with E-state index in [4.69, 9.17) is 8.22 Å². The van der Waals surface area contributed by atoms with Crippen molar-refractivity contribution in [3.05, 3.63) is 47.8 Å². The van der Waals surface area contributed by atoms with Crippen molar-refractivity contribution in [3.63, 3.8) is 0 Å². The molecule has 1 saturated carbocycles. The highest BCUT2D eigenvalue weighted by Gasteiger charge is 2.47. The third-order valence-corrected chi connectivity index (χ3v) is 5.82. The molecule has 1 aromatic carbocycles. The second-order valence-corrected chi connectivity index (χ2v) is 8.10. The number of nitrogens with zero attached hydrogens (tertiary/aromatic N) is 4. The second-order valence-electron chi connectivity index (χ2n) is 8.10. The van der Waals surface area contributed by atoms with Crippen molar-refractivity contribution in [2.75, 3.05) is 29.6 Å². The van der Waals surface area contributed by atoms with Gasteiger partial charge in [-0.15, -0.1) is 0 Å². The zero-order chi connectivity index (χ0) is 29.2. The molecule has 2 aliphatic rings. The lowest BCUT2D eigenvalue weighted by Crippen LogP contribution is -2.39. The van der Waals surface area contributed by atoms with E-state index in [0.29, 0.717) is 9.58 Å². The number of amides is 2. The van der Waals surface area contributed by atoms with Crippen molar-refractivity contribution in [2.45, 2.75) is 18.9 Å². The van der Waals surface area contributed by atoms with Crippen LogP contribution < -0.4 is 20.9 Å². The number of hydrogen-bond acceptors (Lipinski definition) is 6. The Kier molecular flexibility index (Phi) is 3.61. The van der Waals surface area contributed by atoms with Crippen LogP contribution in [0.15, 0.2) is 36.7 Å². The van der Waals surface area contributed by atoms with Crippen LogP contribution in [-0.2, 0) is 17.8 Å². The normalized spacial score (nSPS) is 19.2. The van der Waals surface area contributed by atoms with Crippen LogP contribution in [0.5, 0.6) is 0 Å². The number of rotatable bonds is 5. The summed E-state index contributed by atoms with van der Waals surface area (Å²) < 4.78 is 76.4. The number of para-hydroxylation sites is 1. The van der Waals surface area contributed by atoms with Crippen molar-refractivity contribution in [1.82, 2.24) is 20.1 Å². The molecule has 0 unspecified atom stereocenters. The first-order valence-corrected chi connectivity index (χ1v) is 10.3. The molecule has 3 heterocycles. The van der Waals surface area contributed by atoms with E-state index >= 15 is 8.78 Å². The fourth-order valence-corrected chi connectivity index (χ4v) is 3.91. The molecule has 1 fully saturated rings. The number of halogens is 2.